The van der Waals surface area contributed by atoms with Crippen LogP contribution in [0.15, 0.2) is 45.6 Å². The third kappa shape index (κ3) is 1.74. The number of fused-ring (bicyclic) bond motifs is 1. The average Bonchev–Trinajstić information content (AvgIpc) is 2.68. The molecule has 0 aliphatic heterocycles. The molecule has 4 nitrogen and oxygen atoms in total. The van der Waals surface area contributed by atoms with Crippen molar-refractivity contribution >= 4 is 27.3 Å². The van der Waals surface area contributed by atoms with Crippen molar-refractivity contribution in [2.45, 2.75) is 0 Å². The van der Waals surface area contributed by atoms with E-state index in [-0.39, 0.29) is 10.7 Å². The zero-order valence-corrected chi connectivity index (χ0v) is 10.0. The summed E-state index contributed by atoms with van der Waals surface area (Å²) in [5, 5.41) is 9.68. The van der Waals surface area contributed by atoms with Crippen LogP contribution < -0.4 is 10.7 Å². The van der Waals surface area contributed by atoms with E-state index in [2.05, 4.69) is 0 Å². The summed E-state index contributed by atoms with van der Waals surface area (Å²) in [5.74, 6) is 0.0944. The van der Waals surface area contributed by atoms with Gasteiger partial charge < -0.3 is 15.3 Å². The first kappa shape index (κ1) is 10.9. The number of benzene rings is 2. The van der Waals surface area contributed by atoms with Crippen LogP contribution in [-0.2, 0) is 0 Å². The van der Waals surface area contributed by atoms with E-state index < -0.39 is 0 Å². The van der Waals surface area contributed by atoms with E-state index in [4.69, 9.17) is 10.2 Å². The average molecular weight is 259 g/mol. The van der Waals surface area contributed by atoms with E-state index >= 15 is 0 Å². The molecule has 0 unspecified atom stereocenters. The van der Waals surface area contributed by atoms with Crippen LogP contribution in [0.3, 0.4) is 0 Å². The van der Waals surface area contributed by atoms with Gasteiger partial charge in [-0.05, 0) is 23.8 Å². The lowest BCUT2D eigenvalue weighted by Gasteiger charge is -2.04. The fraction of sp³-hybridized carbons (Fsp3) is 0. The maximum absolute atomic E-state index is 11.3. The molecule has 0 saturated carbocycles. The Bertz CT molecular complexity index is 788. The van der Waals surface area contributed by atoms with E-state index in [1.54, 1.807) is 18.2 Å². The Morgan fingerprint density at radius 2 is 2.06 bits per heavy atom. The number of nitrogen functional groups attached to an aromatic ring is 1. The monoisotopic (exact) mass is 259 g/mol. The fourth-order valence-corrected chi connectivity index (χ4v) is 2.61. The molecule has 0 saturated heterocycles. The van der Waals surface area contributed by atoms with Gasteiger partial charge >= 0.3 is 4.94 Å². The van der Waals surface area contributed by atoms with Gasteiger partial charge in [0.05, 0.1) is 4.70 Å². The molecular formula is C13H9NO3S. The highest BCUT2D eigenvalue weighted by molar-refractivity contribution is 7.16. The Kier molecular flexibility index (Phi) is 2.34. The van der Waals surface area contributed by atoms with Gasteiger partial charge in [-0.15, -0.1) is 0 Å². The standard InChI is InChI=1S/C13H9NO3S/c14-8-3-1-2-7(4-8)10-5-9(15)6-11-12(10)17-13(16)18-11/h1-6,15H,14H2. The van der Waals surface area contributed by atoms with Gasteiger partial charge in [0, 0.05) is 17.3 Å². The summed E-state index contributed by atoms with van der Waals surface area (Å²) in [6.45, 7) is 0. The second-order valence-corrected chi connectivity index (χ2v) is 4.88. The summed E-state index contributed by atoms with van der Waals surface area (Å²) in [6.07, 6.45) is 0. The second kappa shape index (κ2) is 3.89. The molecule has 0 radical (unpaired) electrons. The molecule has 0 atom stereocenters. The molecule has 0 amide bonds. The van der Waals surface area contributed by atoms with Gasteiger partial charge in [0.2, 0.25) is 0 Å². The van der Waals surface area contributed by atoms with Crippen LogP contribution in [0, 0.1) is 0 Å². The zero-order chi connectivity index (χ0) is 12.7. The van der Waals surface area contributed by atoms with Crippen LogP contribution in [0.2, 0.25) is 0 Å². The lowest BCUT2D eigenvalue weighted by molar-refractivity contribution is 0.476. The van der Waals surface area contributed by atoms with Crippen LogP contribution in [0.1, 0.15) is 0 Å². The highest BCUT2D eigenvalue weighted by Gasteiger charge is 2.11. The molecule has 5 heteroatoms. The van der Waals surface area contributed by atoms with Crippen LogP contribution in [0.5, 0.6) is 5.75 Å². The highest BCUT2D eigenvalue weighted by Crippen LogP contribution is 2.34. The predicted molar refractivity (Wildman–Crippen MR) is 71.9 cm³/mol. The SMILES string of the molecule is Nc1cccc(-c2cc(O)cc3sc(=O)oc23)c1. The van der Waals surface area contributed by atoms with Crippen molar-refractivity contribution in [1.82, 2.24) is 0 Å². The molecule has 1 aromatic heterocycles. The lowest BCUT2D eigenvalue weighted by atomic mass is 10.0. The molecule has 0 aliphatic carbocycles. The molecule has 2 aromatic carbocycles. The van der Waals surface area contributed by atoms with E-state index in [0.29, 0.717) is 21.5 Å². The number of hydrogen-bond acceptors (Lipinski definition) is 5. The van der Waals surface area contributed by atoms with Crippen LogP contribution >= 0.6 is 11.3 Å². The molecule has 90 valence electrons. The topological polar surface area (TPSA) is 76.5 Å². The molecule has 3 N–H and O–H groups in total. The van der Waals surface area contributed by atoms with Crippen molar-refractivity contribution in [1.29, 1.82) is 0 Å². The van der Waals surface area contributed by atoms with Gasteiger partial charge in [0.1, 0.15) is 5.75 Å². The Hall–Kier alpha value is -2.27. The first-order valence-corrected chi connectivity index (χ1v) is 6.08. The van der Waals surface area contributed by atoms with E-state index in [1.807, 2.05) is 12.1 Å². The van der Waals surface area contributed by atoms with Gasteiger partial charge in [-0.1, -0.05) is 23.5 Å². The zero-order valence-electron chi connectivity index (χ0n) is 9.21. The summed E-state index contributed by atoms with van der Waals surface area (Å²) >= 11 is 0.966. The number of hydrogen-bond donors (Lipinski definition) is 2. The largest absolute Gasteiger partial charge is 0.508 e. The summed E-state index contributed by atoms with van der Waals surface area (Å²) in [6, 6.07) is 10.3. The highest BCUT2D eigenvalue weighted by atomic mass is 32.1. The second-order valence-electron chi connectivity index (χ2n) is 3.90. The minimum Gasteiger partial charge on any atom is -0.508 e. The molecular weight excluding hydrogens is 250 g/mol. The first-order chi connectivity index (χ1) is 8.63. The summed E-state index contributed by atoms with van der Waals surface area (Å²) < 4.78 is 5.78. The van der Waals surface area contributed by atoms with Crippen LogP contribution in [0.25, 0.3) is 21.4 Å². The van der Waals surface area contributed by atoms with Crippen LogP contribution in [-0.4, -0.2) is 5.11 Å². The van der Waals surface area contributed by atoms with Crippen molar-refractivity contribution in [2.75, 3.05) is 5.73 Å². The van der Waals surface area contributed by atoms with E-state index in [0.717, 1.165) is 16.9 Å². The molecule has 18 heavy (non-hydrogen) atoms. The maximum atomic E-state index is 11.3. The summed E-state index contributed by atoms with van der Waals surface area (Å²) in [7, 11) is 0. The molecule has 0 aliphatic rings. The summed E-state index contributed by atoms with van der Waals surface area (Å²) in [4.78, 5) is 10.9. The Morgan fingerprint density at radius 1 is 1.22 bits per heavy atom. The van der Waals surface area contributed by atoms with Crippen molar-refractivity contribution < 1.29 is 9.52 Å². The van der Waals surface area contributed by atoms with Crippen LogP contribution in [0.4, 0.5) is 5.69 Å². The van der Waals surface area contributed by atoms with Gasteiger partial charge in [-0.3, -0.25) is 0 Å². The van der Waals surface area contributed by atoms with Gasteiger partial charge in [0.15, 0.2) is 5.58 Å². The smallest absolute Gasteiger partial charge is 0.396 e. The van der Waals surface area contributed by atoms with Gasteiger partial charge in [0.25, 0.3) is 0 Å². The number of anilines is 1. The molecule has 3 rings (SSSR count). The van der Waals surface area contributed by atoms with E-state index in [1.165, 1.54) is 6.07 Å². The third-order valence-electron chi connectivity index (χ3n) is 2.62. The van der Waals surface area contributed by atoms with Crippen molar-refractivity contribution in [2.24, 2.45) is 0 Å². The minimum atomic E-state index is -0.388. The first-order valence-electron chi connectivity index (χ1n) is 5.26. The van der Waals surface area contributed by atoms with E-state index in [9.17, 15) is 9.90 Å². The number of rotatable bonds is 1. The Balaban J connectivity index is 2.37. The number of nitrogens with two attached hydrogens (primary N) is 1. The van der Waals surface area contributed by atoms with Crippen molar-refractivity contribution in [3.8, 4) is 16.9 Å². The molecule has 0 fully saturated rings. The van der Waals surface area contributed by atoms with Gasteiger partial charge in [-0.25, -0.2) is 4.79 Å². The normalized spacial score (nSPS) is 10.9. The van der Waals surface area contributed by atoms with Gasteiger partial charge in [-0.2, -0.15) is 0 Å². The third-order valence-corrected chi connectivity index (χ3v) is 3.39. The van der Waals surface area contributed by atoms with Crippen molar-refractivity contribution in [3.05, 3.63) is 46.1 Å². The molecule has 1 heterocycles. The molecule has 0 bridgehead atoms. The Morgan fingerprint density at radius 3 is 2.83 bits per heavy atom. The molecule has 3 aromatic rings. The van der Waals surface area contributed by atoms with Crippen molar-refractivity contribution in [3.63, 3.8) is 0 Å². The quantitative estimate of drug-likeness (QED) is 0.659. The summed E-state index contributed by atoms with van der Waals surface area (Å²) in [5.41, 5.74) is 8.29. The maximum Gasteiger partial charge on any atom is 0.396 e. The number of phenols is 1. The Labute approximate surface area is 106 Å². The number of aromatic hydroxyl groups is 1. The molecule has 0 spiro atoms. The number of phenolic OH excluding ortho intramolecular Hbond substituents is 1. The minimum absolute atomic E-state index is 0.0944. The lowest BCUT2D eigenvalue weighted by Crippen LogP contribution is -1.86. The predicted octanol–water partition coefficient (Wildman–Crippen LogP) is 2.81. The fourth-order valence-electron chi connectivity index (χ4n) is 1.88.